The van der Waals surface area contributed by atoms with Gasteiger partial charge in [-0.1, -0.05) is 11.6 Å². The molecule has 0 atom stereocenters. The smallest absolute Gasteiger partial charge is 0.272 e. The van der Waals surface area contributed by atoms with Gasteiger partial charge in [-0.3, -0.25) is 4.79 Å². The zero-order chi connectivity index (χ0) is 15.0. The van der Waals surface area contributed by atoms with Crippen LogP contribution in [0.4, 0.5) is 10.1 Å². The van der Waals surface area contributed by atoms with E-state index in [-0.39, 0.29) is 11.7 Å². The van der Waals surface area contributed by atoms with Crippen LogP contribution >= 0.6 is 11.6 Å². The molecule has 2 N–H and O–H groups in total. The van der Waals surface area contributed by atoms with Crippen molar-refractivity contribution in [1.82, 2.24) is 4.98 Å². The lowest BCUT2D eigenvalue weighted by Crippen LogP contribution is -2.13. The van der Waals surface area contributed by atoms with Crippen LogP contribution < -0.4 is 5.32 Å². The summed E-state index contributed by atoms with van der Waals surface area (Å²) < 4.78 is 13.2. The summed E-state index contributed by atoms with van der Waals surface area (Å²) in [5.74, 6) is -0.612. The number of nitrogens with one attached hydrogen (secondary N) is 2. The molecule has 0 radical (unpaired) electrons. The average Bonchev–Trinajstić information content (AvgIpc) is 2.85. The topological polar surface area (TPSA) is 44.9 Å². The fraction of sp³-hybridized carbons (Fsp3) is 0.0625. The van der Waals surface area contributed by atoms with Crippen molar-refractivity contribution >= 4 is 34.1 Å². The van der Waals surface area contributed by atoms with Gasteiger partial charge in [0.25, 0.3) is 5.91 Å². The van der Waals surface area contributed by atoms with E-state index >= 15 is 0 Å². The minimum absolute atomic E-state index is 0.281. The molecule has 21 heavy (non-hydrogen) atoms. The molecule has 0 fully saturated rings. The van der Waals surface area contributed by atoms with Crippen LogP contribution in [0.5, 0.6) is 0 Å². The Balaban J connectivity index is 1.89. The number of hydrogen-bond acceptors (Lipinski definition) is 1. The summed E-state index contributed by atoms with van der Waals surface area (Å²) >= 11 is 5.88. The molecule has 3 aromatic rings. The number of H-pyrrole nitrogens is 1. The van der Waals surface area contributed by atoms with Gasteiger partial charge in [0.05, 0.1) is 0 Å². The van der Waals surface area contributed by atoms with Crippen molar-refractivity contribution in [2.75, 3.05) is 5.32 Å². The van der Waals surface area contributed by atoms with Gasteiger partial charge in [0.2, 0.25) is 0 Å². The third-order valence-electron chi connectivity index (χ3n) is 3.26. The van der Waals surface area contributed by atoms with E-state index < -0.39 is 0 Å². The van der Waals surface area contributed by atoms with E-state index in [0.717, 1.165) is 11.1 Å². The van der Waals surface area contributed by atoms with Gasteiger partial charge in [-0.05, 0) is 55.0 Å². The lowest BCUT2D eigenvalue weighted by Gasteiger charge is -2.07. The molecule has 0 saturated heterocycles. The molecule has 106 valence electrons. The van der Waals surface area contributed by atoms with Gasteiger partial charge in [0, 0.05) is 21.6 Å². The van der Waals surface area contributed by atoms with Crippen molar-refractivity contribution < 1.29 is 9.18 Å². The van der Waals surface area contributed by atoms with Gasteiger partial charge in [0.15, 0.2) is 0 Å². The molecule has 0 aliphatic rings. The van der Waals surface area contributed by atoms with E-state index in [1.54, 1.807) is 30.3 Å². The Morgan fingerprint density at radius 2 is 2.00 bits per heavy atom. The quantitative estimate of drug-likeness (QED) is 0.718. The summed E-state index contributed by atoms with van der Waals surface area (Å²) in [7, 11) is 0. The SMILES string of the molecule is Cc1cc(Cl)ccc1NC(=O)c1cc2cc(F)ccc2[nH]1. The molecule has 0 bridgehead atoms. The third kappa shape index (κ3) is 2.76. The second-order valence-corrected chi connectivity index (χ2v) is 5.26. The van der Waals surface area contributed by atoms with Crippen LogP contribution in [0.25, 0.3) is 10.9 Å². The Morgan fingerprint density at radius 1 is 1.19 bits per heavy atom. The van der Waals surface area contributed by atoms with Gasteiger partial charge in [-0.2, -0.15) is 0 Å². The zero-order valence-corrected chi connectivity index (χ0v) is 12.0. The molecule has 1 heterocycles. The van der Waals surface area contributed by atoms with Crippen LogP contribution in [0.1, 0.15) is 16.1 Å². The molecule has 1 amide bonds. The largest absolute Gasteiger partial charge is 0.351 e. The van der Waals surface area contributed by atoms with E-state index in [2.05, 4.69) is 10.3 Å². The van der Waals surface area contributed by atoms with E-state index in [1.807, 2.05) is 6.92 Å². The number of carbonyl (C=O) groups excluding carboxylic acids is 1. The number of benzene rings is 2. The van der Waals surface area contributed by atoms with Crippen LogP contribution in [-0.2, 0) is 0 Å². The molecule has 0 saturated carbocycles. The summed E-state index contributed by atoms with van der Waals surface area (Å²) in [6, 6.07) is 11.2. The number of aromatic nitrogens is 1. The van der Waals surface area contributed by atoms with E-state index in [0.29, 0.717) is 21.8 Å². The van der Waals surface area contributed by atoms with Gasteiger partial charge in [-0.25, -0.2) is 4.39 Å². The molecule has 0 unspecified atom stereocenters. The summed E-state index contributed by atoms with van der Waals surface area (Å²) in [5, 5.41) is 4.08. The minimum atomic E-state index is -0.331. The van der Waals surface area contributed by atoms with Crippen LogP contribution in [0.3, 0.4) is 0 Å². The number of aryl methyl sites for hydroxylation is 1. The second kappa shape index (κ2) is 5.22. The normalized spacial score (nSPS) is 10.8. The van der Waals surface area contributed by atoms with Crippen molar-refractivity contribution in [3.63, 3.8) is 0 Å². The molecule has 5 heteroatoms. The number of carbonyl (C=O) groups is 1. The Morgan fingerprint density at radius 3 is 2.76 bits per heavy atom. The molecular weight excluding hydrogens is 291 g/mol. The summed E-state index contributed by atoms with van der Waals surface area (Å²) in [5.41, 5.74) is 2.66. The van der Waals surface area contributed by atoms with Crippen molar-refractivity contribution in [3.05, 3.63) is 64.6 Å². The van der Waals surface area contributed by atoms with Crippen LogP contribution in [0, 0.1) is 12.7 Å². The van der Waals surface area contributed by atoms with E-state index in [4.69, 9.17) is 11.6 Å². The first-order chi connectivity index (χ1) is 10.0. The minimum Gasteiger partial charge on any atom is -0.351 e. The molecule has 2 aromatic carbocycles. The number of anilines is 1. The number of fused-ring (bicyclic) bond motifs is 1. The standard InChI is InChI=1S/C16H12ClFN2O/c1-9-6-11(17)2-4-13(9)20-16(21)15-8-10-7-12(18)3-5-14(10)19-15/h2-8,19H,1H3,(H,20,21). The van der Waals surface area contributed by atoms with Crippen molar-refractivity contribution in [1.29, 1.82) is 0 Å². The molecule has 1 aromatic heterocycles. The number of hydrogen-bond donors (Lipinski definition) is 2. The molecule has 3 nitrogen and oxygen atoms in total. The predicted octanol–water partition coefficient (Wildman–Crippen LogP) is 4.52. The first kappa shape index (κ1) is 13.6. The van der Waals surface area contributed by atoms with Gasteiger partial charge < -0.3 is 10.3 Å². The highest BCUT2D eigenvalue weighted by Crippen LogP contribution is 2.21. The van der Waals surface area contributed by atoms with Crippen molar-refractivity contribution in [2.24, 2.45) is 0 Å². The molecule has 0 spiro atoms. The lowest BCUT2D eigenvalue weighted by molar-refractivity contribution is 0.102. The Kier molecular flexibility index (Phi) is 3.39. The number of rotatable bonds is 2. The predicted molar refractivity (Wildman–Crippen MR) is 82.4 cm³/mol. The molecular formula is C16H12ClFN2O. The molecule has 0 aliphatic carbocycles. The van der Waals surface area contributed by atoms with Crippen LogP contribution in [0.15, 0.2) is 42.5 Å². The molecule has 3 rings (SSSR count). The maximum Gasteiger partial charge on any atom is 0.272 e. The first-order valence-corrected chi connectivity index (χ1v) is 6.76. The Bertz CT molecular complexity index is 841. The first-order valence-electron chi connectivity index (χ1n) is 6.39. The highest BCUT2D eigenvalue weighted by atomic mass is 35.5. The maximum absolute atomic E-state index is 13.2. The van der Waals surface area contributed by atoms with E-state index in [9.17, 15) is 9.18 Å². The summed E-state index contributed by atoms with van der Waals surface area (Å²) in [4.78, 5) is 15.2. The van der Waals surface area contributed by atoms with E-state index in [1.165, 1.54) is 12.1 Å². The van der Waals surface area contributed by atoms with Crippen LogP contribution in [0.2, 0.25) is 5.02 Å². The van der Waals surface area contributed by atoms with Crippen molar-refractivity contribution in [2.45, 2.75) is 6.92 Å². The lowest BCUT2D eigenvalue weighted by atomic mass is 10.2. The van der Waals surface area contributed by atoms with Gasteiger partial charge in [-0.15, -0.1) is 0 Å². The average molecular weight is 303 g/mol. The zero-order valence-electron chi connectivity index (χ0n) is 11.2. The van der Waals surface area contributed by atoms with Gasteiger partial charge in [0.1, 0.15) is 11.5 Å². The Hall–Kier alpha value is -2.33. The summed E-state index contributed by atoms with van der Waals surface area (Å²) in [6.07, 6.45) is 0. The maximum atomic E-state index is 13.2. The third-order valence-corrected chi connectivity index (χ3v) is 3.50. The number of halogens is 2. The van der Waals surface area contributed by atoms with Crippen LogP contribution in [-0.4, -0.2) is 10.9 Å². The molecule has 0 aliphatic heterocycles. The monoisotopic (exact) mass is 302 g/mol. The second-order valence-electron chi connectivity index (χ2n) is 4.83. The number of aromatic amines is 1. The summed E-state index contributed by atoms with van der Waals surface area (Å²) in [6.45, 7) is 1.86. The van der Waals surface area contributed by atoms with Crippen molar-refractivity contribution in [3.8, 4) is 0 Å². The van der Waals surface area contributed by atoms with Gasteiger partial charge >= 0.3 is 0 Å². The fourth-order valence-corrected chi connectivity index (χ4v) is 2.41. The fourth-order valence-electron chi connectivity index (χ4n) is 2.18. The number of amides is 1. The Labute approximate surface area is 125 Å². The highest BCUT2D eigenvalue weighted by molar-refractivity contribution is 6.30. The highest BCUT2D eigenvalue weighted by Gasteiger charge is 2.11.